The van der Waals surface area contributed by atoms with Gasteiger partial charge in [0, 0.05) is 28.0 Å². The summed E-state index contributed by atoms with van der Waals surface area (Å²) >= 11 is 7.50. The molecule has 1 nitrogen and oxygen atoms in total. The molecule has 2 aliphatic carbocycles. The molecule has 0 saturated carbocycles. The standard InChI is InChI=1S/C46H34ClN/c1-45(2)39-24-14-12-22-36(39)37-27-26-34(28-41(37)45)48(33-20-10-5-11-21-33)35-29-42-44(43(47)30-35)38-23-13-15-25-40(38)46(42,31-16-6-3-7-17-31)32-18-8-4-9-19-32/h3-30H,1-2H3. The van der Waals surface area contributed by atoms with Gasteiger partial charge < -0.3 is 4.90 Å². The van der Waals surface area contributed by atoms with Gasteiger partial charge in [0.2, 0.25) is 0 Å². The quantitative estimate of drug-likeness (QED) is 0.182. The Labute approximate surface area is 287 Å². The van der Waals surface area contributed by atoms with Crippen molar-refractivity contribution < 1.29 is 0 Å². The van der Waals surface area contributed by atoms with E-state index >= 15 is 0 Å². The first-order chi connectivity index (χ1) is 23.5. The zero-order chi connectivity index (χ0) is 32.5. The molecule has 0 heterocycles. The van der Waals surface area contributed by atoms with Gasteiger partial charge in [0.15, 0.2) is 0 Å². The Balaban J connectivity index is 1.33. The fourth-order valence-corrected chi connectivity index (χ4v) is 8.80. The number of halogens is 1. The summed E-state index contributed by atoms with van der Waals surface area (Å²) in [4.78, 5) is 2.37. The molecule has 0 aromatic heterocycles. The lowest BCUT2D eigenvalue weighted by Gasteiger charge is -2.35. The molecule has 0 bridgehead atoms. The minimum Gasteiger partial charge on any atom is -0.310 e. The molecule has 48 heavy (non-hydrogen) atoms. The number of benzene rings is 7. The number of para-hydroxylation sites is 1. The summed E-state index contributed by atoms with van der Waals surface area (Å²) in [5.74, 6) is 0. The van der Waals surface area contributed by atoms with Crippen LogP contribution in [0.15, 0.2) is 170 Å². The van der Waals surface area contributed by atoms with Crippen LogP contribution in [0.5, 0.6) is 0 Å². The number of hydrogen-bond acceptors (Lipinski definition) is 1. The van der Waals surface area contributed by atoms with E-state index in [1.165, 1.54) is 50.1 Å². The van der Waals surface area contributed by atoms with Gasteiger partial charge in [0.25, 0.3) is 0 Å². The third kappa shape index (κ3) is 4.04. The van der Waals surface area contributed by atoms with Crippen molar-refractivity contribution in [2.75, 3.05) is 4.90 Å². The molecule has 0 radical (unpaired) electrons. The Morgan fingerprint density at radius 3 is 1.60 bits per heavy atom. The number of nitrogens with zero attached hydrogens (tertiary/aromatic N) is 1. The average molecular weight is 636 g/mol. The first-order valence-corrected chi connectivity index (χ1v) is 17.0. The minimum absolute atomic E-state index is 0.114. The van der Waals surface area contributed by atoms with Gasteiger partial charge >= 0.3 is 0 Å². The van der Waals surface area contributed by atoms with Crippen LogP contribution < -0.4 is 4.90 Å². The first-order valence-electron chi connectivity index (χ1n) is 16.6. The lowest BCUT2D eigenvalue weighted by atomic mass is 9.67. The topological polar surface area (TPSA) is 3.24 Å². The smallest absolute Gasteiger partial charge is 0.0714 e. The van der Waals surface area contributed by atoms with Crippen LogP contribution in [0.1, 0.15) is 47.2 Å². The first kappa shape index (κ1) is 28.8. The summed E-state index contributed by atoms with van der Waals surface area (Å²) in [6.07, 6.45) is 0. The number of fused-ring (bicyclic) bond motifs is 6. The molecule has 230 valence electrons. The van der Waals surface area contributed by atoms with Gasteiger partial charge in [-0.1, -0.05) is 159 Å². The van der Waals surface area contributed by atoms with Gasteiger partial charge in [-0.3, -0.25) is 0 Å². The van der Waals surface area contributed by atoms with E-state index in [0.717, 1.165) is 27.6 Å². The molecule has 7 aromatic carbocycles. The maximum atomic E-state index is 7.50. The fourth-order valence-electron chi connectivity index (χ4n) is 8.48. The lowest BCUT2D eigenvalue weighted by molar-refractivity contribution is 0.660. The van der Waals surface area contributed by atoms with Gasteiger partial charge in [-0.15, -0.1) is 0 Å². The van der Waals surface area contributed by atoms with Crippen molar-refractivity contribution in [2.24, 2.45) is 0 Å². The second-order valence-corrected chi connectivity index (χ2v) is 13.9. The molecule has 9 rings (SSSR count). The van der Waals surface area contributed by atoms with Crippen molar-refractivity contribution >= 4 is 28.7 Å². The SMILES string of the molecule is CC1(C)c2ccccc2-c2ccc(N(c3ccccc3)c3cc(Cl)c4c(c3)C(c3ccccc3)(c3ccccc3)c3ccccc3-4)cc21. The zero-order valence-electron chi connectivity index (χ0n) is 27.0. The predicted octanol–water partition coefficient (Wildman–Crippen LogP) is 12.5. The van der Waals surface area contributed by atoms with Crippen molar-refractivity contribution in [2.45, 2.75) is 24.7 Å². The molecule has 2 aliphatic rings. The molecule has 0 amide bonds. The number of hydrogen-bond donors (Lipinski definition) is 0. The number of anilines is 3. The van der Waals surface area contributed by atoms with E-state index in [2.05, 4.69) is 189 Å². The molecule has 0 spiro atoms. The second-order valence-electron chi connectivity index (χ2n) is 13.4. The van der Waals surface area contributed by atoms with Crippen LogP contribution in [0, 0.1) is 0 Å². The Bertz CT molecular complexity index is 2280. The minimum atomic E-state index is -0.544. The molecule has 0 N–H and O–H groups in total. The van der Waals surface area contributed by atoms with Crippen LogP contribution in [0.2, 0.25) is 5.02 Å². The summed E-state index contributed by atoms with van der Waals surface area (Å²) in [6, 6.07) is 61.6. The van der Waals surface area contributed by atoms with Gasteiger partial charge in [0.1, 0.15) is 0 Å². The van der Waals surface area contributed by atoms with Crippen molar-refractivity contribution in [1.29, 1.82) is 0 Å². The molecular weight excluding hydrogens is 602 g/mol. The van der Waals surface area contributed by atoms with Crippen LogP contribution >= 0.6 is 11.6 Å². The number of rotatable bonds is 5. The molecule has 0 unspecified atom stereocenters. The van der Waals surface area contributed by atoms with Crippen LogP contribution in [0.25, 0.3) is 22.3 Å². The van der Waals surface area contributed by atoms with Crippen molar-refractivity contribution in [3.05, 3.63) is 208 Å². The maximum Gasteiger partial charge on any atom is 0.0714 e. The van der Waals surface area contributed by atoms with E-state index in [0.29, 0.717) is 0 Å². The van der Waals surface area contributed by atoms with Gasteiger partial charge in [-0.25, -0.2) is 0 Å². The van der Waals surface area contributed by atoms with E-state index in [-0.39, 0.29) is 5.41 Å². The molecule has 0 fully saturated rings. The monoisotopic (exact) mass is 635 g/mol. The Hall–Kier alpha value is -5.37. The molecular formula is C46H34ClN. The zero-order valence-corrected chi connectivity index (χ0v) is 27.7. The Kier molecular flexibility index (Phi) is 6.51. The van der Waals surface area contributed by atoms with E-state index in [1.54, 1.807) is 0 Å². The van der Waals surface area contributed by atoms with Gasteiger partial charge in [-0.05, 0) is 86.5 Å². The lowest BCUT2D eigenvalue weighted by Crippen LogP contribution is -2.28. The Morgan fingerprint density at radius 2 is 0.938 bits per heavy atom. The molecule has 7 aromatic rings. The summed E-state index contributed by atoms with van der Waals surface area (Å²) in [5.41, 5.74) is 15.1. The van der Waals surface area contributed by atoms with E-state index < -0.39 is 5.41 Å². The molecule has 2 heteroatoms. The van der Waals surface area contributed by atoms with Crippen molar-refractivity contribution in [1.82, 2.24) is 0 Å². The highest BCUT2D eigenvalue weighted by Crippen LogP contribution is 2.59. The maximum absolute atomic E-state index is 7.50. The van der Waals surface area contributed by atoms with Gasteiger partial charge in [0.05, 0.1) is 10.4 Å². The highest BCUT2D eigenvalue weighted by Gasteiger charge is 2.47. The van der Waals surface area contributed by atoms with Crippen molar-refractivity contribution in [3.63, 3.8) is 0 Å². The van der Waals surface area contributed by atoms with Crippen LogP contribution in [-0.4, -0.2) is 0 Å². The third-order valence-corrected chi connectivity index (χ3v) is 10.9. The largest absolute Gasteiger partial charge is 0.310 e. The van der Waals surface area contributed by atoms with Crippen LogP contribution in [0.4, 0.5) is 17.1 Å². The highest BCUT2D eigenvalue weighted by atomic mass is 35.5. The summed E-state index contributed by atoms with van der Waals surface area (Å²) in [7, 11) is 0. The normalized spacial score (nSPS) is 14.5. The third-order valence-electron chi connectivity index (χ3n) is 10.6. The summed E-state index contributed by atoms with van der Waals surface area (Å²) in [5, 5.41) is 0.749. The van der Waals surface area contributed by atoms with E-state index in [1.807, 2.05) is 0 Å². The van der Waals surface area contributed by atoms with Crippen LogP contribution in [-0.2, 0) is 10.8 Å². The second kappa shape index (κ2) is 10.8. The average Bonchev–Trinajstić information content (AvgIpc) is 3.56. The summed E-state index contributed by atoms with van der Waals surface area (Å²) < 4.78 is 0. The van der Waals surface area contributed by atoms with E-state index in [4.69, 9.17) is 11.6 Å². The molecule has 0 aliphatic heterocycles. The Morgan fingerprint density at radius 1 is 0.417 bits per heavy atom. The van der Waals surface area contributed by atoms with E-state index in [9.17, 15) is 0 Å². The van der Waals surface area contributed by atoms with Crippen molar-refractivity contribution in [3.8, 4) is 22.3 Å². The fraction of sp³-hybridized carbons (Fsp3) is 0.0870. The molecule has 0 saturated heterocycles. The highest BCUT2D eigenvalue weighted by molar-refractivity contribution is 6.34. The van der Waals surface area contributed by atoms with Gasteiger partial charge in [-0.2, -0.15) is 0 Å². The predicted molar refractivity (Wildman–Crippen MR) is 201 cm³/mol. The molecule has 0 atom stereocenters. The van der Waals surface area contributed by atoms with Crippen LogP contribution in [0.3, 0.4) is 0 Å². The summed E-state index contributed by atoms with van der Waals surface area (Å²) in [6.45, 7) is 4.68.